The molecule has 1 aromatic rings. The number of carbonyl (C=O) groups excluding carboxylic acids is 1. The molecular weight excluding hydrogens is 290 g/mol. The lowest BCUT2D eigenvalue weighted by atomic mass is 10.1. The van der Waals surface area contributed by atoms with Gasteiger partial charge in [0.05, 0.1) is 0 Å². The molecule has 2 rings (SSSR count). The Morgan fingerprint density at radius 2 is 2.30 bits per heavy atom. The van der Waals surface area contributed by atoms with Crippen LogP contribution in [0.25, 0.3) is 0 Å². The number of carbonyl (C=O) groups is 1. The molecular formula is C14H19N3OS2. The number of anilines is 1. The first-order valence-electron chi connectivity index (χ1n) is 6.51. The van der Waals surface area contributed by atoms with Gasteiger partial charge < -0.3 is 16.0 Å². The molecule has 0 bridgehead atoms. The Bertz CT molecular complexity index is 533. The van der Waals surface area contributed by atoms with E-state index in [2.05, 4.69) is 10.2 Å². The Morgan fingerprint density at radius 3 is 2.90 bits per heavy atom. The van der Waals surface area contributed by atoms with Gasteiger partial charge in [-0.25, -0.2) is 0 Å². The van der Waals surface area contributed by atoms with Crippen LogP contribution in [0.1, 0.15) is 18.9 Å². The van der Waals surface area contributed by atoms with Gasteiger partial charge in [0.25, 0.3) is 0 Å². The molecule has 1 heterocycles. The van der Waals surface area contributed by atoms with E-state index in [9.17, 15) is 4.79 Å². The van der Waals surface area contributed by atoms with E-state index in [1.165, 1.54) is 0 Å². The maximum absolute atomic E-state index is 11.1. The predicted octanol–water partition coefficient (Wildman–Crippen LogP) is 1.76. The minimum Gasteiger partial charge on any atom is -0.389 e. The zero-order chi connectivity index (χ0) is 14.7. The van der Waals surface area contributed by atoms with Gasteiger partial charge in [-0.2, -0.15) is 0 Å². The average molecular weight is 309 g/mol. The van der Waals surface area contributed by atoms with Crippen molar-refractivity contribution in [2.45, 2.75) is 24.3 Å². The van der Waals surface area contributed by atoms with Crippen LogP contribution >= 0.6 is 24.0 Å². The van der Waals surface area contributed by atoms with E-state index in [0.717, 1.165) is 35.7 Å². The van der Waals surface area contributed by atoms with Gasteiger partial charge in [0.2, 0.25) is 5.91 Å². The molecule has 0 aliphatic carbocycles. The van der Waals surface area contributed by atoms with Gasteiger partial charge in [-0.3, -0.25) is 4.79 Å². The van der Waals surface area contributed by atoms with Crippen LogP contribution in [0, 0.1) is 0 Å². The molecule has 6 heteroatoms. The maximum Gasteiger partial charge on any atom is 0.217 e. The molecule has 4 nitrogen and oxygen atoms in total. The van der Waals surface area contributed by atoms with Gasteiger partial charge in [0.1, 0.15) is 4.99 Å². The minimum absolute atomic E-state index is 0.0179. The molecule has 0 spiro atoms. The van der Waals surface area contributed by atoms with Crippen molar-refractivity contribution in [2.75, 3.05) is 24.2 Å². The van der Waals surface area contributed by atoms with E-state index < -0.39 is 0 Å². The third-order valence-electron chi connectivity index (χ3n) is 3.41. The summed E-state index contributed by atoms with van der Waals surface area (Å²) in [4.78, 5) is 14.9. The highest BCUT2D eigenvalue weighted by Crippen LogP contribution is 2.31. The molecule has 1 aromatic carbocycles. The fourth-order valence-corrected chi connectivity index (χ4v) is 3.50. The predicted molar refractivity (Wildman–Crippen MR) is 88.5 cm³/mol. The zero-order valence-corrected chi connectivity index (χ0v) is 13.3. The van der Waals surface area contributed by atoms with Crippen LogP contribution in [0.15, 0.2) is 23.1 Å². The van der Waals surface area contributed by atoms with Gasteiger partial charge in [0, 0.05) is 42.2 Å². The second-order valence-corrected chi connectivity index (χ2v) is 6.14. The highest BCUT2D eigenvalue weighted by Gasteiger charge is 2.26. The van der Waals surface area contributed by atoms with Crippen LogP contribution in [0.5, 0.6) is 0 Å². The van der Waals surface area contributed by atoms with Crippen LogP contribution < -0.4 is 16.0 Å². The summed E-state index contributed by atoms with van der Waals surface area (Å²) in [5, 5.41) is 2.97. The van der Waals surface area contributed by atoms with Gasteiger partial charge >= 0.3 is 0 Å². The first-order chi connectivity index (χ1) is 9.52. The first-order valence-corrected chi connectivity index (χ1v) is 8.15. The van der Waals surface area contributed by atoms with Gasteiger partial charge in [-0.05, 0) is 24.8 Å². The van der Waals surface area contributed by atoms with Gasteiger partial charge in [0.15, 0.2) is 0 Å². The lowest BCUT2D eigenvalue weighted by Crippen LogP contribution is -2.36. The van der Waals surface area contributed by atoms with E-state index in [-0.39, 0.29) is 11.9 Å². The number of hydrogen-bond donors (Lipinski definition) is 2. The van der Waals surface area contributed by atoms with Crippen LogP contribution in [-0.4, -0.2) is 36.3 Å². The van der Waals surface area contributed by atoms with Crippen molar-refractivity contribution in [1.29, 1.82) is 0 Å². The number of rotatable bonds is 4. The number of nitrogens with two attached hydrogens (primary N) is 1. The molecule has 0 radical (unpaired) electrons. The zero-order valence-electron chi connectivity index (χ0n) is 11.7. The summed E-state index contributed by atoms with van der Waals surface area (Å²) in [6, 6.07) is 6.30. The van der Waals surface area contributed by atoms with Gasteiger partial charge in [-0.15, -0.1) is 11.8 Å². The van der Waals surface area contributed by atoms with Crippen molar-refractivity contribution in [1.82, 2.24) is 5.32 Å². The summed E-state index contributed by atoms with van der Waals surface area (Å²) in [5.74, 6) is 0.0179. The number of thiocarbonyl (C=S) groups is 1. The molecule has 1 aliphatic heterocycles. The Kier molecular flexibility index (Phi) is 4.88. The number of hydrogen-bond acceptors (Lipinski definition) is 4. The molecule has 20 heavy (non-hydrogen) atoms. The van der Waals surface area contributed by atoms with Crippen LogP contribution in [0.3, 0.4) is 0 Å². The third-order valence-corrected chi connectivity index (χ3v) is 4.39. The van der Waals surface area contributed by atoms with E-state index in [0.29, 0.717) is 4.99 Å². The third kappa shape index (κ3) is 3.24. The summed E-state index contributed by atoms with van der Waals surface area (Å²) in [6.07, 6.45) is 2.96. The second kappa shape index (κ2) is 6.45. The second-order valence-electron chi connectivity index (χ2n) is 4.85. The molecule has 3 N–H and O–H groups in total. The highest BCUT2D eigenvalue weighted by molar-refractivity contribution is 7.98. The lowest BCUT2D eigenvalue weighted by molar-refractivity contribution is -0.119. The molecule has 1 amide bonds. The Labute approximate surface area is 129 Å². The van der Waals surface area contributed by atoms with E-state index in [4.69, 9.17) is 18.0 Å². The number of thioether (sulfide) groups is 1. The normalized spacial score (nSPS) is 18.1. The Hall–Kier alpha value is -1.27. The minimum atomic E-state index is 0.0179. The fraction of sp³-hybridized carbons (Fsp3) is 0.429. The van der Waals surface area contributed by atoms with E-state index in [1.54, 1.807) is 18.7 Å². The summed E-state index contributed by atoms with van der Waals surface area (Å²) < 4.78 is 0. The molecule has 1 fully saturated rings. The SMILES string of the molecule is CSc1cccc(N2CCC(NC(C)=O)C2)c1C(N)=S. The summed E-state index contributed by atoms with van der Waals surface area (Å²) in [5.41, 5.74) is 7.91. The van der Waals surface area contributed by atoms with Crippen LogP contribution in [0.2, 0.25) is 0 Å². The summed E-state index contributed by atoms with van der Waals surface area (Å²) in [6.45, 7) is 3.25. The van der Waals surface area contributed by atoms with Crippen LogP contribution in [-0.2, 0) is 4.79 Å². The first kappa shape index (κ1) is 15.1. The smallest absolute Gasteiger partial charge is 0.217 e. The standard InChI is InChI=1S/C14H19N3OS2/c1-9(18)16-10-6-7-17(8-10)11-4-3-5-12(20-2)13(11)14(15)19/h3-5,10H,6-8H2,1-2H3,(H2,15,19)(H,16,18). The fourth-order valence-electron chi connectivity index (χ4n) is 2.59. The Morgan fingerprint density at radius 1 is 1.55 bits per heavy atom. The van der Waals surface area contributed by atoms with Crippen molar-refractivity contribution >= 4 is 40.6 Å². The Balaban J connectivity index is 2.25. The van der Waals surface area contributed by atoms with Crippen LogP contribution in [0.4, 0.5) is 5.69 Å². The highest BCUT2D eigenvalue weighted by atomic mass is 32.2. The van der Waals surface area contributed by atoms with Crippen molar-refractivity contribution in [2.24, 2.45) is 5.73 Å². The topological polar surface area (TPSA) is 58.4 Å². The molecule has 1 unspecified atom stereocenters. The van der Waals surface area contributed by atoms with Gasteiger partial charge in [-0.1, -0.05) is 18.3 Å². The molecule has 108 valence electrons. The van der Waals surface area contributed by atoms with Crippen molar-refractivity contribution in [3.8, 4) is 0 Å². The van der Waals surface area contributed by atoms with Crippen molar-refractivity contribution in [3.05, 3.63) is 23.8 Å². The summed E-state index contributed by atoms with van der Waals surface area (Å²) >= 11 is 6.85. The molecule has 1 atom stereocenters. The number of nitrogens with zero attached hydrogens (tertiary/aromatic N) is 1. The average Bonchev–Trinajstić information content (AvgIpc) is 2.85. The quantitative estimate of drug-likeness (QED) is 0.655. The largest absolute Gasteiger partial charge is 0.389 e. The lowest BCUT2D eigenvalue weighted by Gasteiger charge is -2.23. The monoisotopic (exact) mass is 309 g/mol. The molecule has 1 aliphatic rings. The molecule has 0 saturated carbocycles. The van der Waals surface area contributed by atoms with E-state index >= 15 is 0 Å². The number of amides is 1. The number of benzene rings is 1. The van der Waals surface area contributed by atoms with E-state index in [1.807, 2.05) is 24.5 Å². The molecule has 1 saturated heterocycles. The molecule has 0 aromatic heterocycles. The summed E-state index contributed by atoms with van der Waals surface area (Å²) in [7, 11) is 0. The van der Waals surface area contributed by atoms with Crippen molar-refractivity contribution < 1.29 is 4.79 Å². The maximum atomic E-state index is 11.1. The number of nitrogens with one attached hydrogen (secondary N) is 1. The van der Waals surface area contributed by atoms with Crippen molar-refractivity contribution in [3.63, 3.8) is 0 Å².